The maximum Gasteiger partial charge on any atom is 0.270 e. The van der Waals surface area contributed by atoms with Crippen LogP contribution in [0.25, 0.3) is 11.1 Å². The molecule has 1 saturated heterocycles. The van der Waals surface area contributed by atoms with Crippen LogP contribution >= 0.6 is 0 Å². The van der Waals surface area contributed by atoms with E-state index in [9.17, 15) is 9.59 Å². The van der Waals surface area contributed by atoms with Crippen molar-refractivity contribution in [3.05, 3.63) is 52.7 Å². The minimum absolute atomic E-state index is 0.0106. The number of likely N-dealkylation sites (tertiary alicyclic amines) is 1. The van der Waals surface area contributed by atoms with Crippen molar-refractivity contribution in [2.24, 2.45) is 5.41 Å². The van der Waals surface area contributed by atoms with Gasteiger partial charge in [-0.15, -0.1) is 0 Å². The SMILES string of the molecule is Cc1c(C(=O)N2CCC(c3nc4ccccc4o3)CC2)[nH]c2c1C(=O)CC(C)(C)C2. The van der Waals surface area contributed by atoms with Crippen LogP contribution in [0.1, 0.15) is 77.0 Å². The number of H-pyrrole nitrogens is 1. The van der Waals surface area contributed by atoms with Gasteiger partial charge < -0.3 is 14.3 Å². The number of carbonyl (C=O) groups is 2. The van der Waals surface area contributed by atoms with Gasteiger partial charge in [-0.2, -0.15) is 0 Å². The van der Waals surface area contributed by atoms with Crippen molar-refractivity contribution in [3.8, 4) is 0 Å². The quantitative estimate of drug-likeness (QED) is 0.674. The number of nitrogens with zero attached hydrogens (tertiary/aromatic N) is 2. The standard InChI is InChI=1S/C24H27N3O3/c1-14-20-17(12-24(2,3)13-18(20)28)25-21(14)23(29)27-10-8-15(9-11-27)22-26-16-6-4-5-7-19(16)30-22/h4-7,15,25H,8-13H2,1-3H3. The summed E-state index contributed by atoms with van der Waals surface area (Å²) in [6.45, 7) is 7.41. The summed E-state index contributed by atoms with van der Waals surface area (Å²) >= 11 is 0. The van der Waals surface area contributed by atoms with Gasteiger partial charge in [-0.3, -0.25) is 9.59 Å². The average Bonchev–Trinajstić information content (AvgIpc) is 3.28. The summed E-state index contributed by atoms with van der Waals surface area (Å²) in [5.41, 5.74) is 4.65. The fourth-order valence-corrected chi connectivity index (χ4v) is 5.00. The van der Waals surface area contributed by atoms with Crippen LogP contribution in [0.4, 0.5) is 0 Å². The van der Waals surface area contributed by atoms with Crippen LogP contribution in [0, 0.1) is 12.3 Å². The lowest BCUT2D eigenvalue weighted by molar-refractivity contribution is 0.0700. The van der Waals surface area contributed by atoms with Crippen LogP contribution in [0.3, 0.4) is 0 Å². The van der Waals surface area contributed by atoms with Gasteiger partial charge in [0.25, 0.3) is 5.91 Å². The number of Topliss-reactive ketones (excluding diaryl/α,β-unsaturated/α-hetero) is 1. The van der Waals surface area contributed by atoms with E-state index in [1.807, 2.05) is 36.1 Å². The highest BCUT2D eigenvalue weighted by Crippen LogP contribution is 2.37. The van der Waals surface area contributed by atoms with E-state index in [2.05, 4.69) is 23.8 Å². The number of aromatic nitrogens is 2. The number of para-hydroxylation sites is 2. The number of amides is 1. The van der Waals surface area contributed by atoms with Crippen molar-refractivity contribution in [2.45, 2.75) is 52.4 Å². The molecule has 0 spiro atoms. The molecule has 1 aromatic carbocycles. The molecule has 30 heavy (non-hydrogen) atoms. The molecule has 0 saturated carbocycles. The van der Waals surface area contributed by atoms with Crippen molar-refractivity contribution < 1.29 is 14.0 Å². The Kier molecular flexibility index (Phi) is 4.34. The van der Waals surface area contributed by atoms with Crippen molar-refractivity contribution >= 4 is 22.8 Å². The molecule has 3 aromatic rings. The summed E-state index contributed by atoms with van der Waals surface area (Å²) in [6, 6.07) is 7.80. The van der Waals surface area contributed by atoms with Crippen LogP contribution in [-0.4, -0.2) is 39.6 Å². The second-order valence-corrected chi connectivity index (χ2v) is 9.51. The molecule has 3 heterocycles. The fourth-order valence-electron chi connectivity index (χ4n) is 5.00. The first-order chi connectivity index (χ1) is 14.3. The van der Waals surface area contributed by atoms with Crippen molar-refractivity contribution in [2.75, 3.05) is 13.1 Å². The van der Waals surface area contributed by atoms with Gasteiger partial charge in [0.15, 0.2) is 17.3 Å². The number of hydrogen-bond donors (Lipinski definition) is 1. The van der Waals surface area contributed by atoms with E-state index in [-0.39, 0.29) is 23.0 Å². The number of ketones is 1. The summed E-state index contributed by atoms with van der Waals surface area (Å²) in [5.74, 6) is 1.12. The zero-order valence-corrected chi connectivity index (χ0v) is 17.7. The number of nitrogens with one attached hydrogen (secondary N) is 1. The highest BCUT2D eigenvalue weighted by Gasteiger charge is 2.36. The predicted octanol–water partition coefficient (Wildman–Crippen LogP) is 4.64. The van der Waals surface area contributed by atoms with Gasteiger partial charge in [-0.25, -0.2) is 4.98 Å². The minimum Gasteiger partial charge on any atom is -0.440 e. The van der Waals surface area contributed by atoms with Crippen molar-refractivity contribution in [1.82, 2.24) is 14.9 Å². The summed E-state index contributed by atoms with van der Waals surface area (Å²) in [5, 5.41) is 0. The Morgan fingerprint density at radius 2 is 1.93 bits per heavy atom. The summed E-state index contributed by atoms with van der Waals surface area (Å²) < 4.78 is 5.94. The van der Waals surface area contributed by atoms with Crippen LogP contribution in [0.15, 0.2) is 28.7 Å². The summed E-state index contributed by atoms with van der Waals surface area (Å²) in [7, 11) is 0. The largest absolute Gasteiger partial charge is 0.440 e. The summed E-state index contributed by atoms with van der Waals surface area (Å²) in [4.78, 5) is 35.7. The van der Waals surface area contributed by atoms with Crippen LogP contribution in [-0.2, 0) is 6.42 Å². The first-order valence-electron chi connectivity index (χ1n) is 10.7. The molecule has 0 radical (unpaired) electrons. The molecule has 0 atom stereocenters. The highest BCUT2D eigenvalue weighted by molar-refractivity contribution is 6.04. The molecular weight excluding hydrogens is 378 g/mol. The number of benzene rings is 1. The Bertz CT molecular complexity index is 1110. The van der Waals surface area contributed by atoms with Gasteiger partial charge >= 0.3 is 0 Å². The smallest absolute Gasteiger partial charge is 0.270 e. The third-order valence-electron chi connectivity index (χ3n) is 6.56. The van der Waals surface area contributed by atoms with Gasteiger partial charge in [0.05, 0.1) is 0 Å². The van der Waals surface area contributed by atoms with Crippen molar-refractivity contribution in [3.63, 3.8) is 0 Å². The first kappa shape index (κ1) is 19.1. The minimum atomic E-state index is -0.0698. The lowest BCUT2D eigenvalue weighted by atomic mass is 9.75. The fraction of sp³-hybridized carbons (Fsp3) is 0.458. The van der Waals surface area contributed by atoms with E-state index < -0.39 is 0 Å². The Labute approximate surface area is 175 Å². The zero-order chi connectivity index (χ0) is 21.0. The van der Waals surface area contributed by atoms with Gasteiger partial charge in [-0.1, -0.05) is 26.0 Å². The lowest BCUT2D eigenvalue weighted by Crippen LogP contribution is -2.38. The maximum absolute atomic E-state index is 13.2. The van der Waals surface area contributed by atoms with Crippen molar-refractivity contribution in [1.29, 1.82) is 0 Å². The number of fused-ring (bicyclic) bond motifs is 2. The molecule has 2 aliphatic rings. The van der Waals surface area contributed by atoms with E-state index in [0.29, 0.717) is 25.2 Å². The molecule has 1 amide bonds. The molecule has 5 rings (SSSR count). The third kappa shape index (κ3) is 3.15. The number of hydrogen-bond acceptors (Lipinski definition) is 4. The Balaban J connectivity index is 1.32. The van der Waals surface area contributed by atoms with Gasteiger partial charge in [0.1, 0.15) is 11.2 Å². The number of rotatable bonds is 2. The topological polar surface area (TPSA) is 79.2 Å². The van der Waals surface area contributed by atoms with Gasteiger partial charge in [0, 0.05) is 36.7 Å². The highest BCUT2D eigenvalue weighted by atomic mass is 16.3. The number of oxazole rings is 1. The third-order valence-corrected chi connectivity index (χ3v) is 6.56. The van der Waals surface area contributed by atoms with E-state index in [0.717, 1.165) is 53.1 Å². The lowest BCUT2D eigenvalue weighted by Gasteiger charge is -2.30. The van der Waals surface area contributed by atoms with E-state index >= 15 is 0 Å². The Hall–Kier alpha value is -2.89. The molecule has 1 N–H and O–H groups in total. The van der Waals surface area contributed by atoms with E-state index in [1.54, 1.807) is 0 Å². The molecule has 1 aliphatic carbocycles. The van der Waals surface area contributed by atoms with Gasteiger partial charge in [0.2, 0.25) is 0 Å². The molecular formula is C24H27N3O3. The average molecular weight is 405 g/mol. The first-order valence-corrected chi connectivity index (χ1v) is 10.7. The molecule has 6 nitrogen and oxygen atoms in total. The second kappa shape index (κ2) is 6.83. The van der Waals surface area contributed by atoms with Crippen LogP contribution in [0.2, 0.25) is 0 Å². The monoisotopic (exact) mass is 405 g/mol. The van der Waals surface area contributed by atoms with E-state index in [1.165, 1.54) is 0 Å². The molecule has 0 bridgehead atoms. The Morgan fingerprint density at radius 3 is 2.67 bits per heavy atom. The molecule has 6 heteroatoms. The zero-order valence-electron chi connectivity index (χ0n) is 17.7. The predicted molar refractivity (Wildman–Crippen MR) is 114 cm³/mol. The maximum atomic E-state index is 13.2. The number of piperidine rings is 1. The Morgan fingerprint density at radius 1 is 1.20 bits per heavy atom. The van der Waals surface area contributed by atoms with Gasteiger partial charge in [-0.05, 0) is 49.3 Å². The summed E-state index contributed by atoms with van der Waals surface area (Å²) in [6.07, 6.45) is 2.97. The molecule has 1 fully saturated rings. The molecule has 156 valence electrons. The normalized spacial score (nSPS) is 19.3. The molecule has 0 unspecified atom stereocenters. The molecule has 1 aliphatic heterocycles. The number of carbonyl (C=O) groups excluding carboxylic acids is 2. The van der Waals surface area contributed by atoms with Crippen LogP contribution in [0.5, 0.6) is 0 Å². The molecule has 2 aromatic heterocycles. The van der Waals surface area contributed by atoms with E-state index in [4.69, 9.17) is 4.42 Å². The van der Waals surface area contributed by atoms with Crippen LogP contribution < -0.4 is 0 Å². The second-order valence-electron chi connectivity index (χ2n) is 9.51. The number of aromatic amines is 1.